The Kier molecular flexibility index (Phi) is 6.15. The van der Waals surface area contributed by atoms with E-state index in [4.69, 9.17) is 14.2 Å². The largest absolute Gasteiger partial charge is 0.379 e. The van der Waals surface area contributed by atoms with Crippen LogP contribution in [0.4, 0.5) is 0 Å². The van der Waals surface area contributed by atoms with Crippen LogP contribution in [0.15, 0.2) is 0 Å². The van der Waals surface area contributed by atoms with Gasteiger partial charge < -0.3 is 14.2 Å². The zero-order valence-electron chi connectivity index (χ0n) is 9.33. The highest BCUT2D eigenvalue weighted by Gasteiger charge is 2.13. The molecule has 0 saturated carbocycles. The molecule has 3 heteroatoms. The van der Waals surface area contributed by atoms with Crippen molar-refractivity contribution in [2.45, 2.75) is 39.2 Å². The van der Waals surface area contributed by atoms with Crippen molar-refractivity contribution >= 4 is 0 Å². The molecule has 1 fully saturated rings. The van der Waals surface area contributed by atoms with Gasteiger partial charge in [0.15, 0.2) is 0 Å². The first kappa shape index (κ1) is 12.0. The Morgan fingerprint density at radius 3 is 2.93 bits per heavy atom. The van der Waals surface area contributed by atoms with E-state index in [-0.39, 0.29) is 6.10 Å². The Balaban J connectivity index is 1.87. The van der Waals surface area contributed by atoms with E-state index in [1.807, 2.05) is 0 Å². The summed E-state index contributed by atoms with van der Waals surface area (Å²) in [4.78, 5) is 0. The molecule has 1 aliphatic heterocycles. The molecule has 1 atom stereocenters. The van der Waals surface area contributed by atoms with Gasteiger partial charge in [-0.25, -0.2) is 0 Å². The van der Waals surface area contributed by atoms with Crippen molar-refractivity contribution in [2.75, 3.05) is 26.6 Å². The van der Waals surface area contributed by atoms with Gasteiger partial charge in [-0.15, -0.1) is 0 Å². The lowest BCUT2D eigenvalue weighted by molar-refractivity contribution is -0.127. The van der Waals surface area contributed by atoms with Crippen LogP contribution in [-0.2, 0) is 14.2 Å². The van der Waals surface area contributed by atoms with Gasteiger partial charge in [0.25, 0.3) is 0 Å². The van der Waals surface area contributed by atoms with E-state index < -0.39 is 0 Å². The minimum atomic E-state index is 0.253. The summed E-state index contributed by atoms with van der Waals surface area (Å²) in [5, 5.41) is 0. The molecular formula is C11H22O3. The molecule has 1 heterocycles. The number of hydrogen-bond acceptors (Lipinski definition) is 3. The minimum Gasteiger partial charge on any atom is -0.379 e. The Morgan fingerprint density at radius 2 is 2.29 bits per heavy atom. The van der Waals surface area contributed by atoms with Gasteiger partial charge in [-0.3, -0.25) is 0 Å². The highest BCUT2D eigenvalue weighted by Crippen LogP contribution is 2.09. The third-order valence-corrected chi connectivity index (χ3v) is 2.35. The molecular weight excluding hydrogens is 180 g/mol. The molecule has 0 aromatic rings. The maximum atomic E-state index is 5.52. The summed E-state index contributed by atoms with van der Waals surface area (Å²) in [6.07, 6.45) is 3.57. The second-order valence-corrected chi connectivity index (χ2v) is 4.21. The van der Waals surface area contributed by atoms with Crippen LogP contribution in [0, 0.1) is 5.92 Å². The molecule has 1 saturated heterocycles. The van der Waals surface area contributed by atoms with E-state index in [0.29, 0.717) is 12.7 Å². The molecule has 0 radical (unpaired) electrons. The summed E-state index contributed by atoms with van der Waals surface area (Å²) >= 11 is 0. The monoisotopic (exact) mass is 202 g/mol. The normalized spacial score (nSPS) is 22.9. The van der Waals surface area contributed by atoms with E-state index in [2.05, 4.69) is 13.8 Å². The van der Waals surface area contributed by atoms with Gasteiger partial charge in [-0.05, 0) is 25.2 Å². The van der Waals surface area contributed by atoms with Gasteiger partial charge in [0, 0.05) is 13.2 Å². The van der Waals surface area contributed by atoms with Crippen LogP contribution < -0.4 is 0 Å². The molecule has 84 valence electrons. The topological polar surface area (TPSA) is 27.7 Å². The average molecular weight is 202 g/mol. The summed E-state index contributed by atoms with van der Waals surface area (Å²) in [5.74, 6) is 0.702. The maximum absolute atomic E-state index is 5.52. The smallest absolute Gasteiger partial charge is 0.147 e. The predicted octanol–water partition coefficient (Wildman–Crippen LogP) is 2.20. The first-order chi connectivity index (χ1) is 6.79. The maximum Gasteiger partial charge on any atom is 0.147 e. The van der Waals surface area contributed by atoms with Crippen LogP contribution in [0.1, 0.15) is 33.1 Å². The van der Waals surface area contributed by atoms with Crippen molar-refractivity contribution in [3.63, 3.8) is 0 Å². The summed E-state index contributed by atoms with van der Waals surface area (Å²) in [6, 6.07) is 0. The summed E-state index contributed by atoms with van der Waals surface area (Å²) in [5.41, 5.74) is 0. The molecule has 0 unspecified atom stereocenters. The van der Waals surface area contributed by atoms with Gasteiger partial charge in [-0.2, -0.15) is 0 Å². The van der Waals surface area contributed by atoms with Crippen molar-refractivity contribution in [2.24, 2.45) is 5.92 Å². The van der Waals surface area contributed by atoms with Crippen molar-refractivity contribution in [1.82, 2.24) is 0 Å². The second-order valence-electron chi connectivity index (χ2n) is 4.21. The highest BCUT2D eigenvalue weighted by molar-refractivity contribution is 4.60. The van der Waals surface area contributed by atoms with Crippen molar-refractivity contribution in [3.8, 4) is 0 Å². The number of hydrogen-bond donors (Lipinski definition) is 0. The lowest BCUT2D eigenvalue weighted by Crippen LogP contribution is -2.26. The fourth-order valence-corrected chi connectivity index (χ4v) is 1.36. The Morgan fingerprint density at radius 1 is 1.43 bits per heavy atom. The van der Waals surface area contributed by atoms with Gasteiger partial charge in [0.2, 0.25) is 0 Å². The molecule has 3 nitrogen and oxygen atoms in total. The molecule has 14 heavy (non-hydrogen) atoms. The fraction of sp³-hybridized carbons (Fsp3) is 1.00. The molecule has 0 bridgehead atoms. The van der Waals surface area contributed by atoms with E-state index in [9.17, 15) is 0 Å². The Labute approximate surface area is 86.7 Å². The molecule has 0 amide bonds. The molecule has 1 aliphatic rings. The van der Waals surface area contributed by atoms with E-state index in [1.165, 1.54) is 0 Å². The van der Waals surface area contributed by atoms with Gasteiger partial charge in [0.1, 0.15) is 6.79 Å². The average Bonchev–Trinajstić information content (AvgIpc) is 2.18. The van der Waals surface area contributed by atoms with Gasteiger partial charge >= 0.3 is 0 Å². The summed E-state index contributed by atoms with van der Waals surface area (Å²) < 4.78 is 16.2. The van der Waals surface area contributed by atoms with E-state index in [1.54, 1.807) is 0 Å². The van der Waals surface area contributed by atoms with Crippen molar-refractivity contribution in [3.05, 3.63) is 0 Å². The third-order valence-electron chi connectivity index (χ3n) is 2.35. The quantitative estimate of drug-likeness (QED) is 0.488. The molecule has 0 spiro atoms. The second kappa shape index (κ2) is 7.21. The van der Waals surface area contributed by atoms with E-state index >= 15 is 0 Å². The number of rotatable bonds is 6. The first-order valence-electron chi connectivity index (χ1n) is 5.56. The van der Waals surface area contributed by atoms with Crippen LogP contribution in [0.2, 0.25) is 0 Å². The Hall–Kier alpha value is -0.120. The molecule has 0 aromatic heterocycles. The SMILES string of the molecule is CC(C)CCOCO[C@@H]1CCCOC1. The third kappa shape index (κ3) is 5.58. The fourth-order valence-electron chi connectivity index (χ4n) is 1.36. The summed E-state index contributed by atoms with van der Waals surface area (Å²) in [7, 11) is 0. The molecule has 1 rings (SSSR count). The standard InChI is InChI=1S/C11H22O3/c1-10(2)5-7-13-9-14-11-4-3-6-12-8-11/h10-11H,3-9H2,1-2H3/t11-/m1/s1. The molecule has 0 aromatic carbocycles. The van der Waals surface area contributed by atoms with Gasteiger partial charge in [-0.1, -0.05) is 13.8 Å². The first-order valence-corrected chi connectivity index (χ1v) is 5.56. The van der Waals surface area contributed by atoms with Gasteiger partial charge in [0.05, 0.1) is 12.7 Å². The van der Waals surface area contributed by atoms with Crippen LogP contribution in [-0.4, -0.2) is 32.7 Å². The van der Waals surface area contributed by atoms with Crippen LogP contribution in [0.3, 0.4) is 0 Å². The van der Waals surface area contributed by atoms with Crippen molar-refractivity contribution < 1.29 is 14.2 Å². The summed E-state index contributed by atoms with van der Waals surface area (Å²) in [6.45, 7) is 7.21. The van der Waals surface area contributed by atoms with Crippen molar-refractivity contribution in [1.29, 1.82) is 0 Å². The lowest BCUT2D eigenvalue weighted by atomic mass is 10.1. The van der Waals surface area contributed by atoms with Crippen LogP contribution in [0.25, 0.3) is 0 Å². The minimum absolute atomic E-state index is 0.253. The predicted molar refractivity (Wildman–Crippen MR) is 55.2 cm³/mol. The van der Waals surface area contributed by atoms with E-state index in [0.717, 1.165) is 39.1 Å². The Bertz CT molecular complexity index is 130. The lowest BCUT2D eigenvalue weighted by Gasteiger charge is -2.22. The zero-order chi connectivity index (χ0) is 10.2. The molecule has 0 N–H and O–H groups in total. The number of ether oxygens (including phenoxy) is 3. The highest BCUT2D eigenvalue weighted by atomic mass is 16.7. The molecule has 0 aliphatic carbocycles. The zero-order valence-corrected chi connectivity index (χ0v) is 9.33. The van der Waals surface area contributed by atoms with Crippen LogP contribution in [0.5, 0.6) is 0 Å². The van der Waals surface area contributed by atoms with Crippen LogP contribution >= 0.6 is 0 Å².